The van der Waals surface area contributed by atoms with E-state index in [0.29, 0.717) is 17.9 Å². The molecule has 0 unspecified atom stereocenters. The third-order valence-corrected chi connectivity index (χ3v) is 2.39. The summed E-state index contributed by atoms with van der Waals surface area (Å²) < 4.78 is 0. The quantitative estimate of drug-likeness (QED) is 0.580. The zero-order chi connectivity index (χ0) is 14.4. The van der Waals surface area contributed by atoms with E-state index in [-0.39, 0.29) is 23.9 Å². The highest BCUT2D eigenvalue weighted by Crippen LogP contribution is 2.19. The Kier molecular flexibility index (Phi) is 5.17. The van der Waals surface area contributed by atoms with Gasteiger partial charge in [0.05, 0.1) is 11.3 Å². The molecule has 0 saturated heterocycles. The van der Waals surface area contributed by atoms with Crippen LogP contribution in [0.15, 0.2) is 18.2 Å². The zero-order valence-corrected chi connectivity index (χ0v) is 11.1. The Morgan fingerprint density at radius 3 is 2.63 bits per heavy atom. The smallest absolute Gasteiger partial charge is 0.337 e. The molecule has 0 atom stereocenters. The maximum absolute atomic E-state index is 11.4. The number of carboxylic acids is 1. The maximum Gasteiger partial charge on any atom is 0.337 e. The number of nitrogen functional groups attached to an aromatic ring is 1. The summed E-state index contributed by atoms with van der Waals surface area (Å²) >= 11 is 0. The lowest BCUT2D eigenvalue weighted by molar-refractivity contribution is -0.121. The van der Waals surface area contributed by atoms with Gasteiger partial charge in [0.1, 0.15) is 0 Å². The first kappa shape index (κ1) is 14.8. The molecular formula is C13H19N3O3. The van der Waals surface area contributed by atoms with E-state index < -0.39 is 5.97 Å². The summed E-state index contributed by atoms with van der Waals surface area (Å²) in [6.07, 6.45) is 0.270. The van der Waals surface area contributed by atoms with Crippen LogP contribution in [-0.4, -0.2) is 29.6 Å². The predicted molar refractivity (Wildman–Crippen MR) is 74.2 cm³/mol. The minimum atomic E-state index is -1.03. The van der Waals surface area contributed by atoms with Crippen molar-refractivity contribution in [1.29, 1.82) is 0 Å². The normalized spacial score (nSPS) is 10.3. The molecule has 6 heteroatoms. The second-order valence-electron chi connectivity index (χ2n) is 4.51. The number of rotatable bonds is 6. The van der Waals surface area contributed by atoms with Crippen molar-refractivity contribution in [1.82, 2.24) is 5.32 Å². The second-order valence-corrected chi connectivity index (χ2v) is 4.51. The third-order valence-electron chi connectivity index (χ3n) is 2.39. The topological polar surface area (TPSA) is 104 Å². The van der Waals surface area contributed by atoms with Gasteiger partial charge in [-0.1, -0.05) is 0 Å². The van der Waals surface area contributed by atoms with Crippen LogP contribution in [-0.2, 0) is 4.79 Å². The summed E-state index contributed by atoms with van der Waals surface area (Å²) in [5.41, 5.74) is 6.64. The predicted octanol–water partition coefficient (Wildman–Crippen LogP) is 1.29. The van der Waals surface area contributed by atoms with Gasteiger partial charge in [0.2, 0.25) is 5.91 Å². The van der Waals surface area contributed by atoms with Gasteiger partial charge in [0, 0.05) is 24.7 Å². The zero-order valence-electron chi connectivity index (χ0n) is 11.1. The van der Waals surface area contributed by atoms with E-state index in [2.05, 4.69) is 10.6 Å². The van der Waals surface area contributed by atoms with Gasteiger partial charge in [0.15, 0.2) is 0 Å². The molecule has 0 aliphatic heterocycles. The van der Waals surface area contributed by atoms with Crippen LogP contribution in [0.4, 0.5) is 11.4 Å². The van der Waals surface area contributed by atoms with Crippen molar-refractivity contribution in [2.45, 2.75) is 26.3 Å². The highest BCUT2D eigenvalue weighted by Gasteiger charge is 2.10. The summed E-state index contributed by atoms with van der Waals surface area (Å²) in [4.78, 5) is 22.5. The number of nitrogens with one attached hydrogen (secondary N) is 2. The van der Waals surface area contributed by atoms with Gasteiger partial charge in [-0.15, -0.1) is 0 Å². The molecule has 104 valence electrons. The van der Waals surface area contributed by atoms with Gasteiger partial charge in [-0.2, -0.15) is 0 Å². The molecule has 0 aromatic heterocycles. The van der Waals surface area contributed by atoms with Crippen molar-refractivity contribution in [3.8, 4) is 0 Å². The Bertz CT molecular complexity index is 472. The van der Waals surface area contributed by atoms with Gasteiger partial charge < -0.3 is 21.5 Å². The summed E-state index contributed by atoms with van der Waals surface area (Å²) in [5, 5.41) is 14.7. The standard InChI is InChI=1S/C13H19N3O3/c1-8(2)16-12(17)5-6-15-11-7-9(14)3-4-10(11)13(18)19/h3-4,7-8,15H,5-6,14H2,1-2H3,(H,16,17)(H,18,19). The number of aromatic carboxylic acids is 1. The van der Waals surface area contributed by atoms with E-state index in [1.807, 2.05) is 13.8 Å². The average Bonchev–Trinajstić information content (AvgIpc) is 2.27. The number of hydrogen-bond acceptors (Lipinski definition) is 4. The summed E-state index contributed by atoms with van der Waals surface area (Å²) in [6, 6.07) is 4.60. The fourth-order valence-corrected chi connectivity index (χ4v) is 1.60. The molecule has 6 nitrogen and oxygen atoms in total. The molecule has 19 heavy (non-hydrogen) atoms. The second kappa shape index (κ2) is 6.63. The number of anilines is 2. The van der Waals surface area contributed by atoms with Crippen molar-refractivity contribution in [3.05, 3.63) is 23.8 Å². The fraction of sp³-hybridized carbons (Fsp3) is 0.385. The molecule has 0 fully saturated rings. The number of carboxylic acid groups (broad SMARTS) is 1. The van der Waals surface area contributed by atoms with Gasteiger partial charge in [-0.3, -0.25) is 4.79 Å². The largest absolute Gasteiger partial charge is 0.478 e. The highest BCUT2D eigenvalue weighted by atomic mass is 16.4. The van der Waals surface area contributed by atoms with Gasteiger partial charge in [-0.05, 0) is 32.0 Å². The van der Waals surface area contributed by atoms with Gasteiger partial charge in [-0.25, -0.2) is 4.79 Å². The van der Waals surface area contributed by atoms with Crippen LogP contribution in [0.5, 0.6) is 0 Å². The molecule has 0 radical (unpaired) electrons. The number of benzene rings is 1. The number of nitrogens with two attached hydrogens (primary N) is 1. The molecule has 0 saturated carbocycles. The summed E-state index contributed by atoms with van der Waals surface area (Å²) in [5.74, 6) is -1.11. The number of carbonyl (C=O) groups is 2. The number of amides is 1. The first-order valence-electron chi connectivity index (χ1n) is 6.06. The van der Waals surface area contributed by atoms with E-state index in [9.17, 15) is 9.59 Å². The molecule has 0 aliphatic carbocycles. The van der Waals surface area contributed by atoms with Crippen LogP contribution in [0.2, 0.25) is 0 Å². The molecule has 1 rings (SSSR count). The number of carbonyl (C=O) groups excluding carboxylic acids is 1. The van der Waals surface area contributed by atoms with Crippen LogP contribution in [0.1, 0.15) is 30.6 Å². The van der Waals surface area contributed by atoms with Crippen molar-refractivity contribution in [3.63, 3.8) is 0 Å². The van der Waals surface area contributed by atoms with Crippen LogP contribution in [0.3, 0.4) is 0 Å². The molecule has 1 amide bonds. The first-order valence-corrected chi connectivity index (χ1v) is 6.06. The van der Waals surface area contributed by atoms with Crippen molar-refractivity contribution >= 4 is 23.3 Å². The maximum atomic E-state index is 11.4. The van der Waals surface area contributed by atoms with E-state index in [1.54, 1.807) is 6.07 Å². The minimum absolute atomic E-state index is 0.0803. The molecular weight excluding hydrogens is 246 g/mol. The number of hydrogen-bond donors (Lipinski definition) is 4. The lowest BCUT2D eigenvalue weighted by Crippen LogP contribution is -2.31. The lowest BCUT2D eigenvalue weighted by atomic mass is 10.1. The Labute approximate surface area is 112 Å². The molecule has 5 N–H and O–H groups in total. The van der Waals surface area contributed by atoms with Crippen LogP contribution in [0, 0.1) is 0 Å². The van der Waals surface area contributed by atoms with E-state index in [4.69, 9.17) is 10.8 Å². The van der Waals surface area contributed by atoms with Crippen LogP contribution >= 0.6 is 0 Å². The van der Waals surface area contributed by atoms with Crippen molar-refractivity contribution in [2.24, 2.45) is 0 Å². The summed E-state index contributed by atoms with van der Waals surface area (Å²) in [7, 11) is 0. The highest BCUT2D eigenvalue weighted by molar-refractivity contribution is 5.95. The van der Waals surface area contributed by atoms with Crippen LogP contribution in [0.25, 0.3) is 0 Å². The molecule has 0 bridgehead atoms. The lowest BCUT2D eigenvalue weighted by Gasteiger charge is -2.11. The van der Waals surface area contributed by atoms with Crippen molar-refractivity contribution in [2.75, 3.05) is 17.6 Å². The van der Waals surface area contributed by atoms with E-state index >= 15 is 0 Å². The molecule has 0 spiro atoms. The Morgan fingerprint density at radius 1 is 1.37 bits per heavy atom. The van der Waals surface area contributed by atoms with E-state index in [0.717, 1.165) is 0 Å². The molecule has 1 aromatic carbocycles. The minimum Gasteiger partial charge on any atom is -0.478 e. The van der Waals surface area contributed by atoms with Gasteiger partial charge in [0.25, 0.3) is 0 Å². The molecule has 0 heterocycles. The SMILES string of the molecule is CC(C)NC(=O)CCNc1cc(N)ccc1C(=O)O. The van der Waals surface area contributed by atoms with Crippen molar-refractivity contribution < 1.29 is 14.7 Å². The Balaban J connectivity index is 2.60. The monoisotopic (exact) mass is 265 g/mol. The first-order chi connectivity index (χ1) is 8.90. The Morgan fingerprint density at radius 2 is 2.05 bits per heavy atom. The summed E-state index contributed by atoms with van der Waals surface area (Å²) in [6.45, 7) is 4.11. The molecule has 1 aromatic rings. The van der Waals surface area contributed by atoms with Gasteiger partial charge >= 0.3 is 5.97 Å². The molecule has 0 aliphatic rings. The fourth-order valence-electron chi connectivity index (χ4n) is 1.60. The Hall–Kier alpha value is -2.24. The van der Waals surface area contributed by atoms with Crippen LogP contribution < -0.4 is 16.4 Å². The third kappa shape index (κ3) is 4.87. The average molecular weight is 265 g/mol. The van der Waals surface area contributed by atoms with E-state index in [1.165, 1.54) is 12.1 Å².